The van der Waals surface area contributed by atoms with E-state index in [0.717, 1.165) is 25.7 Å². The summed E-state index contributed by atoms with van der Waals surface area (Å²) in [6, 6.07) is 0. The zero-order valence-corrected chi connectivity index (χ0v) is 37.7. The molecule has 0 aromatic carbocycles. The first-order valence-corrected chi connectivity index (χ1v) is 23.5. The Labute approximate surface area is 352 Å². The van der Waals surface area contributed by atoms with Gasteiger partial charge in [0.2, 0.25) is 0 Å². The lowest BCUT2D eigenvalue weighted by atomic mass is 10.0. The zero-order valence-electron chi connectivity index (χ0n) is 36.8. The SMILES string of the molecule is CC/C=C\CC(O)C(O)/C=C/C=C\C=C\C=C\C(O)C/C=C/CCC(=O)OC(COCCCCCCCCCCCCCCCC)COP(=O)(O)OCC[N+](C)(C)C. The lowest BCUT2D eigenvalue weighted by Gasteiger charge is -2.24. The van der Waals surface area contributed by atoms with E-state index in [1.54, 1.807) is 54.7 Å². The Hall–Kier alpha value is -2.18. The van der Waals surface area contributed by atoms with Crippen LogP contribution in [-0.2, 0) is 27.9 Å². The highest BCUT2D eigenvalue weighted by Gasteiger charge is 2.26. The van der Waals surface area contributed by atoms with E-state index in [2.05, 4.69) is 6.92 Å². The number of rotatable bonds is 39. The lowest BCUT2D eigenvalue weighted by molar-refractivity contribution is -0.870. The van der Waals surface area contributed by atoms with Crippen LogP contribution in [0.4, 0.5) is 0 Å². The van der Waals surface area contributed by atoms with E-state index in [9.17, 15) is 29.6 Å². The summed E-state index contributed by atoms with van der Waals surface area (Å²) in [5.41, 5.74) is 0. The number of hydrogen-bond acceptors (Lipinski definition) is 9. The summed E-state index contributed by atoms with van der Waals surface area (Å²) in [5.74, 6) is -0.486. The molecule has 0 aliphatic rings. The van der Waals surface area contributed by atoms with E-state index >= 15 is 0 Å². The van der Waals surface area contributed by atoms with Crippen molar-refractivity contribution in [3.63, 3.8) is 0 Å². The summed E-state index contributed by atoms with van der Waals surface area (Å²) in [5, 5.41) is 30.1. The van der Waals surface area contributed by atoms with Crippen molar-refractivity contribution in [1.29, 1.82) is 0 Å². The van der Waals surface area contributed by atoms with Crippen molar-refractivity contribution >= 4 is 13.8 Å². The molecule has 0 aromatic heterocycles. The molecule has 0 heterocycles. The molecule has 0 aliphatic carbocycles. The summed E-state index contributed by atoms with van der Waals surface area (Å²) >= 11 is 0. The first kappa shape index (κ1) is 55.8. The molecule has 336 valence electrons. The molecule has 0 radical (unpaired) electrons. The van der Waals surface area contributed by atoms with Crippen molar-refractivity contribution in [1.82, 2.24) is 0 Å². The van der Waals surface area contributed by atoms with Crippen LogP contribution in [0.15, 0.2) is 72.9 Å². The number of phosphoric acid groups is 1. The number of aliphatic hydroxyl groups is 3. The average Bonchev–Trinajstić information content (AvgIpc) is 3.16. The number of ether oxygens (including phenoxy) is 2. The third-order valence-electron chi connectivity index (χ3n) is 9.11. The molecule has 0 rings (SSSR count). The topological polar surface area (TPSA) is 152 Å². The lowest BCUT2D eigenvalue weighted by Crippen LogP contribution is -2.37. The van der Waals surface area contributed by atoms with Gasteiger partial charge in [-0.25, -0.2) is 4.57 Å². The van der Waals surface area contributed by atoms with Crippen molar-refractivity contribution in [2.24, 2.45) is 0 Å². The number of unbranched alkanes of at least 4 members (excludes halogenated alkanes) is 13. The number of carbonyl (C=O) groups excluding carboxylic acids is 1. The van der Waals surface area contributed by atoms with Crippen LogP contribution in [0, 0.1) is 0 Å². The van der Waals surface area contributed by atoms with Crippen LogP contribution in [0.3, 0.4) is 0 Å². The Morgan fingerprint density at radius 3 is 1.79 bits per heavy atom. The molecule has 5 atom stereocenters. The normalized spacial score (nSPS) is 16.1. The van der Waals surface area contributed by atoms with Gasteiger partial charge in [-0.15, -0.1) is 0 Å². The Kier molecular flexibility index (Phi) is 36.4. The van der Waals surface area contributed by atoms with E-state index in [1.165, 1.54) is 76.7 Å². The predicted octanol–water partition coefficient (Wildman–Crippen LogP) is 9.63. The zero-order chi connectivity index (χ0) is 43.2. The Morgan fingerprint density at radius 1 is 0.655 bits per heavy atom. The molecular formula is C46H83NO10P+. The van der Waals surface area contributed by atoms with Gasteiger partial charge >= 0.3 is 13.8 Å². The first-order valence-electron chi connectivity index (χ1n) is 22.0. The molecule has 12 heteroatoms. The van der Waals surface area contributed by atoms with E-state index in [4.69, 9.17) is 18.5 Å². The highest BCUT2D eigenvalue weighted by molar-refractivity contribution is 7.47. The molecule has 0 saturated heterocycles. The number of hydrogen-bond donors (Lipinski definition) is 4. The first-order chi connectivity index (χ1) is 27.8. The molecule has 0 amide bonds. The molecule has 0 saturated carbocycles. The fraction of sp³-hybridized carbons (Fsp3) is 0.717. The number of likely N-dealkylation sites (N-methyl/N-ethyl adjacent to an activating group) is 1. The molecule has 0 bridgehead atoms. The van der Waals surface area contributed by atoms with Gasteiger partial charge in [-0.2, -0.15) is 0 Å². The number of carbonyl (C=O) groups is 1. The van der Waals surface area contributed by atoms with Crippen molar-refractivity contribution in [2.45, 2.75) is 160 Å². The third-order valence-corrected chi connectivity index (χ3v) is 10.1. The van der Waals surface area contributed by atoms with Crippen LogP contribution < -0.4 is 0 Å². The van der Waals surface area contributed by atoms with E-state index in [1.807, 2.05) is 40.2 Å². The van der Waals surface area contributed by atoms with E-state index in [0.29, 0.717) is 36.9 Å². The fourth-order valence-corrected chi connectivity index (χ4v) is 6.29. The number of nitrogens with zero attached hydrogens (tertiary/aromatic N) is 1. The molecule has 4 N–H and O–H groups in total. The molecule has 0 spiro atoms. The summed E-state index contributed by atoms with van der Waals surface area (Å²) in [4.78, 5) is 22.9. The minimum Gasteiger partial charge on any atom is -0.457 e. The molecule has 58 heavy (non-hydrogen) atoms. The molecule has 0 aliphatic heterocycles. The van der Waals surface area contributed by atoms with Gasteiger partial charge in [0.1, 0.15) is 19.3 Å². The fourth-order valence-electron chi connectivity index (χ4n) is 5.55. The second-order valence-corrected chi connectivity index (χ2v) is 17.4. The van der Waals surface area contributed by atoms with Gasteiger partial charge in [-0.1, -0.05) is 170 Å². The Morgan fingerprint density at radius 2 is 1.21 bits per heavy atom. The van der Waals surface area contributed by atoms with Gasteiger partial charge in [0, 0.05) is 13.0 Å². The van der Waals surface area contributed by atoms with Gasteiger partial charge in [-0.3, -0.25) is 13.8 Å². The monoisotopic (exact) mass is 841 g/mol. The number of aliphatic hydroxyl groups excluding tert-OH is 3. The second-order valence-electron chi connectivity index (χ2n) is 15.9. The van der Waals surface area contributed by atoms with E-state index < -0.39 is 38.2 Å². The summed E-state index contributed by atoms with van der Waals surface area (Å²) in [6.07, 6.45) is 37.6. The van der Waals surface area contributed by atoms with Gasteiger partial charge in [0.25, 0.3) is 0 Å². The summed E-state index contributed by atoms with van der Waals surface area (Å²) in [6.45, 7) is 5.03. The van der Waals surface area contributed by atoms with Crippen LogP contribution in [0.1, 0.15) is 136 Å². The van der Waals surface area contributed by atoms with Crippen molar-refractivity contribution in [2.75, 3.05) is 54.1 Å². The number of allylic oxidation sites excluding steroid dienone is 8. The molecule has 0 aromatic rings. The second kappa shape index (κ2) is 37.8. The Balaban J connectivity index is 4.58. The van der Waals surface area contributed by atoms with Gasteiger partial charge in [-0.05, 0) is 32.1 Å². The maximum absolute atomic E-state index is 12.7. The van der Waals surface area contributed by atoms with Gasteiger partial charge in [0.05, 0.1) is 52.7 Å². The number of phosphoric ester groups is 1. The standard InChI is InChI=1S/C46H82NO10P/c1-6-8-10-11-12-13-14-15-16-17-18-21-24-31-38-54-40-43(41-56-58(52,53)55-39-37-47(3,4)5)57-46(51)36-30-25-28-33-42(48)32-27-22-19-20-23-29-35-45(50)44(49)34-26-9-7-2/h9,19-20,22-23,25-29,32,35,42-45,48-50H,6-8,10-18,21,24,30-31,33-34,36-41H2,1-5H3/p+1/b22-19+,23-20-,26-9-,28-25+,32-27+,35-29+. The summed E-state index contributed by atoms with van der Waals surface area (Å²) in [7, 11) is 1.50. The van der Waals surface area contributed by atoms with Crippen LogP contribution in [0.2, 0.25) is 0 Å². The largest absolute Gasteiger partial charge is 0.472 e. The minimum atomic E-state index is -4.34. The molecule has 5 unspecified atom stereocenters. The van der Waals surface area contributed by atoms with E-state index in [-0.39, 0.29) is 26.2 Å². The van der Waals surface area contributed by atoms with Crippen LogP contribution >= 0.6 is 7.82 Å². The number of esters is 1. The Bertz CT molecular complexity index is 1210. The number of quaternary nitrogens is 1. The van der Waals surface area contributed by atoms with Crippen molar-refractivity contribution in [3.05, 3.63) is 72.9 Å². The molecular weight excluding hydrogens is 757 g/mol. The van der Waals surface area contributed by atoms with Crippen LogP contribution in [-0.4, -0.2) is 109 Å². The van der Waals surface area contributed by atoms with Crippen LogP contribution in [0.25, 0.3) is 0 Å². The van der Waals surface area contributed by atoms with Gasteiger partial charge in [0.15, 0.2) is 0 Å². The highest BCUT2D eigenvalue weighted by atomic mass is 31.2. The van der Waals surface area contributed by atoms with Gasteiger partial charge < -0.3 is 34.2 Å². The molecule has 0 fully saturated rings. The average molecular weight is 841 g/mol. The maximum Gasteiger partial charge on any atom is 0.472 e. The van der Waals surface area contributed by atoms with Crippen LogP contribution in [0.5, 0.6) is 0 Å². The van der Waals surface area contributed by atoms with Crippen molar-refractivity contribution < 1.29 is 52.6 Å². The quantitative estimate of drug-likeness (QED) is 0.0118. The molecule has 11 nitrogen and oxygen atoms in total. The smallest absolute Gasteiger partial charge is 0.457 e. The highest BCUT2D eigenvalue weighted by Crippen LogP contribution is 2.43. The third kappa shape index (κ3) is 39.3. The van der Waals surface area contributed by atoms with Crippen molar-refractivity contribution in [3.8, 4) is 0 Å². The predicted molar refractivity (Wildman–Crippen MR) is 237 cm³/mol. The summed E-state index contributed by atoms with van der Waals surface area (Å²) < 4.78 is 34.7. The maximum atomic E-state index is 12.7. The minimum absolute atomic E-state index is 0.0392.